The smallest absolute Gasteiger partial charge is 0.304 e. The van der Waals surface area contributed by atoms with Gasteiger partial charge in [-0.2, -0.15) is 0 Å². The summed E-state index contributed by atoms with van der Waals surface area (Å²) in [6.45, 7) is 0. The second-order valence-corrected chi connectivity index (χ2v) is 5.14. The van der Waals surface area contributed by atoms with Crippen LogP contribution in [0.3, 0.4) is 0 Å². The number of thiol groups is 1. The van der Waals surface area contributed by atoms with E-state index in [1.54, 1.807) is 12.1 Å². The van der Waals surface area contributed by atoms with Crippen LogP contribution in [0.1, 0.15) is 17.3 Å². The average molecular weight is 283 g/mol. The number of carboxylic acid groups (broad SMARTS) is 1. The minimum Gasteiger partial charge on any atom is -0.506 e. The van der Waals surface area contributed by atoms with Crippen molar-refractivity contribution < 1.29 is 19.8 Å². The normalized spacial score (nSPS) is 12.5. The van der Waals surface area contributed by atoms with Crippen molar-refractivity contribution in [2.24, 2.45) is 0 Å². The third-order valence-electron chi connectivity index (χ3n) is 2.39. The number of fused-ring (bicyclic) bond motifs is 1. The van der Waals surface area contributed by atoms with Gasteiger partial charge in [0.2, 0.25) is 0 Å². The molecule has 0 amide bonds. The Balaban J connectivity index is 2.48. The van der Waals surface area contributed by atoms with Gasteiger partial charge in [0.25, 0.3) is 0 Å². The van der Waals surface area contributed by atoms with Crippen LogP contribution in [0.4, 0.5) is 0 Å². The van der Waals surface area contributed by atoms with Gasteiger partial charge in [0.05, 0.1) is 22.6 Å². The molecule has 2 aromatic rings. The number of carbonyl (C=O) groups is 2. The van der Waals surface area contributed by atoms with Crippen molar-refractivity contribution >= 4 is 45.3 Å². The first-order chi connectivity index (χ1) is 8.49. The number of aliphatic carboxylic acids is 1. The van der Waals surface area contributed by atoms with Gasteiger partial charge in [-0.15, -0.1) is 24.0 Å². The molecule has 1 aromatic carbocycles. The number of phenols is 1. The molecule has 0 aliphatic carbocycles. The van der Waals surface area contributed by atoms with Crippen molar-refractivity contribution in [2.45, 2.75) is 12.3 Å². The highest BCUT2D eigenvalue weighted by Gasteiger charge is 2.25. The molecule has 1 heterocycles. The zero-order valence-corrected chi connectivity index (χ0v) is 10.7. The molecule has 2 rings (SSSR count). The van der Waals surface area contributed by atoms with Gasteiger partial charge < -0.3 is 10.2 Å². The Hall–Kier alpha value is -1.60. The second kappa shape index (κ2) is 4.95. The number of rotatable bonds is 4. The molecule has 0 spiro atoms. The van der Waals surface area contributed by atoms with Crippen LogP contribution in [-0.4, -0.2) is 26.3 Å². The number of thiazole rings is 1. The van der Waals surface area contributed by atoms with E-state index in [-0.39, 0.29) is 12.2 Å². The fourth-order valence-corrected chi connectivity index (χ4v) is 2.93. The molecule has 0 saturated carbocycles. The fourth-order valence-electron chi connectivity index (χ4n) is 1.56. The molecule has 1 aromatic heterocycles. The maximum atomic E-state index is 11.3. The lowest BCUT2D eigenvalue weighted by Gasteiger charge is -2.05. The standard InChI is InChI=1S/C11H9NO4S2/c13-7-3-1-2-6-9(7)18-10(12-6)5(11(16)17)4-8(14)15/h1-3,5,13H,4H2,(H,14,15)(H,16,17). The lowest BCUT2D eigenvalue weighted by Crippen LogP contribution is -2.11. The lowest BCUT2D eigenvalue weighted by atomic mass is 10.1. The van der Waals surface area contributed by atoms with E-state index in [2.05, 4.69) is 17.6 Å². The lowest BCUT2D eigenvalue weighted by molar-refractivity contribution is -0.138. The van der Waals surface area contributed by atoms with Gasteiger partial charge in [0.15, 0.2) is 5.12 Å². The predicted octanol–water partition coefficient (Wildman–Crippen LogP) is 2.02. The molecule has 0 fully saturated rings. The molecule has 94 valence electrons. The molecule has 0 aliphatic rings. The minimum atomic E-state index is -1.09. The molecule has 7 heteroatoms. The number of carbonyl (C=O) groups excluding carboxylic acids is 1. The molecule has 0 radical (unpaired) electrons. The van der Waals surface area contributed by atoms with Crippen molar-refractivity contribution in [3.8, 4) is 5.75 Å². The molecular formula is C11H9NO4S2. The van der Waals surface area contributed by atoms with Gasteiger partial charge in [-0.1, -0.05) is 6.07 Å². The number of benzene rings is 1. The van der Waals surface area contributed by atoms with Gasteiger partial charge in [0.1, 0.15) is 10.8 Å². The zero-order chi connectivity index (χ0) is 13.3. The first-order valence-corrected chi connectivity index (χ1v) is 6.28. The number of hydrogen-bond acceptors (Lipinski definition) is 5. The van der Waals surface area contributed by atoms with E-state index in [1.807, 2.05) is 0 Å². The van der Waals surface area contributed by atoms with Crippen molar-refractivity contribution in [1.29, 1.82) is 0 Å². The third kappa shape index (κ3) is 2.46. The maximum absolute atomic E-state index is 11.3. The molecule has 0 aliphatic heterocycles. The summed E-state index contributed by atoms with van der Waals surface area (Å²) in [5, 5.41) is 18.2. The summed E-state index contributed by atoms with van der Waals surface area (Å²) in [6, 6.07) is 4.84. The second-order valence-electron chi connectivity index (χ2n) is 3.67. The van der Waals surface area contributed by atoms with Gasteiger partial charge in [0, 0.05) is 0 Å². The Labute approximate surface area is 111 Å². The van der Waals surface area contributed by atoms with Crippen LogP contribution in [0.15, 0.2) is 18.2 Å². The minimum absolute atomic E-state index is 0.0666. The Kier molecular flexibility index (Phi) is 3.53. The summed E-state index contributed by atoms with van der Waals surface area (Å²) in [6.07, 6.45) is -0.358. The quantitative estimate of drug-likeness (QED) is 0.747. The Morgan fingerprint density at radius 3 is 2.72 bits per heavy atom. The maximum Gasteiger partial charge on any atom is 0.304 e. The zero-order valence-electron chi connectivity index (χ0n) is 9.03. The van der Waals surface area contributed by atoms with Crippen LogP contribution in [-0.2, 0) is 9.59 Å². The monoisotopic (exact) mass is 283 g/mol. The van der Waals surface area contributed by atoms with E-state index in [4.69, 9.17) is 5.11 Å². The van der Waals surface area contributed by atoms with E-state index in [9.17, 15) is 14.7 Å². The number of nitrogens with zero attached hydrogens (tertiary/aromatic N) is 1. The summed E-state index contributed by atoms with van der Waals surface area (Å²) in [7, 11) is 0. The van der Waals surface area contributed by atoms with Crippen LogP contribution in [0.25, 0.3) is 10.2 Å². The van der Waals surface area contributed by atoms with Gasteiger partial charge in [-0.3, -0.25) is 9.59 Å². The molecule has 0 bridgehead atoms. The van der Waals surface area contributed by atoms with E-state index < -0.39 is 17.0 Å². The molecule has 0 saturated heterocycles. The molecule has 18 heavy (non-hydrogen) atoms. The van der Waals surface area contributed by atoms with Crippen LogP contribution >= 0.6 is 24.0 Å². The van der Waals surface area contributed by atoms with Gasteiger partial charge in [-0.05, 0) is 12.1 Å². The van der Waals surface area contributed by atoms with E-state index >= 15 is 0 Å². The SMILES string of the molecule is O=C(O)CC(C(=O)S)c1nc2cccc(O)c2s1. The molecule has 1 unspecified atom stereocenters. The highest BCUT2D eigenvalue weighted by atomic mass is 32.1. The summed E-state index contributed by atoms with van der Waals surface area (Å²) >= 11 is 4.80. The van der Waals surface area contributed by atoms with Crippen LogP contribution in [0.2, 0.25) is 0 Å². The summed E-state index contributed by atoms with van der Waals surface area (Å²) < 4.78 is 0.539. The highest BCUT2D eigenvalue weighted by Crippen LogP contribution is 2.35. The highest BCUT2D eigenvalue weighted by molar-refractivity contribution is 7.96. The fraction of sp³-hybridized carbons (Fsp3) is 0.182. The first-order valence-electron chi connectivity index (χ1n) is 5.02. The van der Waals surface area contributed by atoms with Crippen LogP contribution in [0, 0.1) is 0 Å². The number of phenolic OH excluding ortho intramolecular Hbond substituents is 1. The van der Waals surface area contributed by atoms with Crippen molar-refractivity contribution in [3.63, 3.8) is 0 Å². The van der Waals surface area contributed by atoms with E-state index in [0.29, 0.717) is 15.2 Å². The first kappa shape index (κ1) is 12.8. The van der Waals surface area contributed by atoms with Gasteiger partial charge in [-0.25, -0.2) is 4.98 Å². The third-order valence-corrected chi connectivity index (χ3v) is 3.90. The van der Waals surface area contributed by atoms with E-state index in [1.165, 1.54) is 6.07 Å². The molecule has 5 nitrogen and oxygen atoms in total. The Bertz CT molecular complexity index is 623. The topological polar surface area (TPSA) is 87.5 Å². The molecule has 1 atom stereocenters. The summed E-state index contributed by atoms with van der Waals surface area (Å²) in [4.78, 5) is 26.2. The number of aromatic hydroxyl groups is 1. The summed E-state index contributed by atoms with van der Waals surface area (Å²) in [5.74, 6) is -1.91. The Morgan fingerprint density at radius 1 is 1.44 bits per heavy atom. The van der Waals surface area contributed by atoms with Crippen LogP contribution < -0.4 is 0 Å². The number of carboxylic acids is 1. The molecular weight excluding hydrogens is 274 g/mol. The Morgan fingerprint density at radius 2 is 2.17 bits per heavy atom. The largest absolute Gasteiger partial charge is 0.506 e. The molecule has 2 N–H and O–H groups in total. The number of hydrogen-bond donors (Lipinski definition) is 3. The van der Waals surface area contributed by atoms with Crippen molar-refractivity contribution in [3.05, 3.63) is 23.2 Å². The van der Waals surface area contributed by atoms with Crippen molar-refractivity contribution in [1.82, 2.24) is 4.98 Å². The van der Waals surface area contributed by atoms with E-state index in [0.717, 1.165) is 11.3 Å². The van der Waals surface area contributed by atoms with Gasteiger partial charge >= 0.3 is 5.97 Å². The van der Waals surface area contributed by atoms with Crippen LogP contribution in [0.5, 0.6) is 5.75 Å². The number of aromatic nitrogens is 1. The predicted molar refractivity (Wildman–Crippen MR) is 70.3 cm³/mol. The average Bonchev–Trinajstić information content (AvgIpc) is 2.70. The summed E-state index contributed by atoms with van der Waals surface area (Å²) in [5.41, 5.74) is 0.542. The van der Waals surface area contributed by atoms with Crippen molar-refractivity contribution in [2.75, 3.05) is 0 Å².